The van der Waals surface area contributed by atoms with Gasteiger partial charge in [-0.15, -0.1) is 0 Å². The van der Waals surface area contributed by atoms with E-state index >= 15 is 0 Å². The van der Waals surface area contributed by atoms with Crippen molar-refractivity contribution in [3.05, 3.63) is 80.8 Å². The zero-order valence-corrected chi connectivity index (χ0v) is 23.5. The Morgan fingerprint density at radius 2 is 1.61 bits per heavy atom. The third-order valence-electron chi connectivity index (χ3n) is 5.78. The first-order chi connectivity index (χ1) is 18.0. The van der Waals surface area contributed by atoms with Gasteiger partial charge in [0.15, 0.2) is 5.82 Å². The molecule has 1 heterocycles. The molecule has 7 nitrogen and oxygen atoms in total. The molecule has 4 aromatic rings. The zero-order valence-electron chi connectivity index (χ0n) is 21.2. The molecule has 0 aliphatic carbocycles. The number of fused-ring (bicyclic) bond motifs is 1. The normalized spacial score (nSPS) is 11.3. The lowest BCUT2D eigenvalue weighted by Gasteiger charge is -2.18. The highest BCUT2D eigenvalue weighted by atomic mass is 35.5. The number of halogens is 3. The van der Waals surface area contributed by atoms with E-state index in [1.807, 2.05) is 26.8 Å². The van der Waals surface area contributed by atoms with Crippen LogP contribution >= 0.6 is 34.8 Å². The van der Waals surface area contributed by atoms with Gasteiger partial charge in [0.1, 0.15) is 5.82 Å². The summed E-state index contributed by atoms with van der Waals surface area (Å²) >= 11 is 18.6. The molecule has 0 radical (unpaired) electrons. The number of hydrogen-bond donors (Lipinski definition) is 3. The largest absolute Gasteiger partial charge is 0.373 e. The molecule has 0 saturated carbocycles. The van der Waals surface area contributed by atoms with Crippen molar-refractivity contribution in [2.75, 3.05) is 17.7 Å². The highest BCUT2D eigenvalue weighted by Crippen LogP contribution is 2.31. The summed E-state index contributed by atoms with van der Waals surface area (Å²) in [4.78, 5) is 34.7. The van der Waals surface area contributed by atoms with Gasteiger partial charge in [-0.2, -0.15) is 0 Å². The minimum absolute atomic E-state index is 0.0854. The van der Waals surface area contributed by atoms with E-state index in [1.165, 1.54) is 0 Å². The summed E-state index contributed by atoms with van der Waals surface area (Å²) in [6.07, 6.45) is 0. The first-order valence-electron chi connectivity index (χ1n) is 11.8. The van der Waals surface area contributed by atoms with E-state index in [0.29, 0.717) is 49.0 Å². The topological polar surface area (TPSA) is 96.0 Å². The van der Waals surface area contributed by atoms with E-state index < -0.39 is 5.41 Å². The number of anilines is 2. The number of amides is 2. The molecule has 2 amide bonds. The van der Waals surface area contributed by atoms with Crippen molar-refractivity contribution in [1.29, 1.82) is 0 Å². The summed E-state index contributed by atoms with van der Waals surface area (Å²) in [5.74, 6) is 0.614. The van der Waals surface area contributed by atoms with Gasteiger partial charge in [0.2, 0.25) is 5.91 Å². The number of nitrogens with zero attached hydrogens (tertiary/aromatic N) is 2. The zero-order chi connectivity index (χ0) is 27.6. The lowest BCUT2D eigenvalue weighted by Crippen LogP contribution is -2.34. The Bertz CT molecular complexity index is 1550. The van der Waals surface area contributed by atoms with Gasteiger partial charge in [0.25, 0.3) is 5.91 Å². The Labute approximate surface area is 235 Å². The molecule has 3 aromatic carbocycles. The van der Waals surface area contributed by atoms with Gasteiger partial charge in [-0.25, -0.2) is 9.97 Å². The number of nitrogens with one attached hydrogen (secondary N) is 3. The average Bonchev–Trinajstić information content (AvgIpc) is 2.88. The number of rotatable bonds is 6. The SMILES string of the molecule is CNc1nc(-c2ccc(Cl)c(Cl)c2)nc2cc(NC(=O)c3cc(CNC(=O)C(C)(C)C)ccc3Cl)ccc12. The van der Waals surface area contributed by atoms with Crippen molar-refractivity contribution in [3.8, 4) is 11.4 Å². The molecule has 10 heteroatoms. The molecule has 0 atom stereocenters. The van der Waals surface area contributed by atoms with Crippen LogP contribution in [-0.4, -0.2) is 28.8 Å². The van der Waals surface area contributed by atoms with E-state index in [-0.39, 0.29) is 18.4 Å². The fourth-order valence-corrected chi connectivity index (χ4v) is 4.17. The molecule has 196 valence electrons. The van der Waals surface area contributed by atoms with Crippen LogP contribution in [0.2, 0.25) is 15.1 Å². The maximum atomic E-state index is 13.1. The van der Waals surface area contributed by atoms with Crippen LogP contribution in [0.25, 0.3) is 22.3 Å². The molecule has 0 saturated heterocycles. The van der Waals surface area contributed by atoms with Crippen molar-refractivity contribution in [3.63, 3.8) is 0 Å². The van der Waals surface area contributed by atoms with Crippen LogP contribution in [0.3, 0.4) is 0 Å². The molecule has 4 rings (SSSR count). The molecule has 0 aliphatic rings. The lowest BCUT2D eigenvalue weighted by atomic mass is 9.95. The van der Waals surface area contributed by atoms with Crippen molar-refractivity contribution in [2.24, 2.45) is 5.41 Å². The van der Waals surface area contributed by atoms with E-state index in [4.69, 9.17) is 34.8 Å². The molecule has 1 aromatic heterocycles. The fourth-order valence-electron chi connectivity index (χ4n) is 3.66. The van der Waals surface area contributed by atoms with Gasteiger partial charge in [0.05, 0.1) is 26.1 Å². The van der Waals surface area contributed by atoms with Gasteiger partial charge in [0, 0.05) is 35.6 Å². The van der Waals surface area contributed by atoms with Crippen LogP contribution in [0, 0.1) is 5.41 Å². The Morgan fingerprint density at radius 1 is 0.868 bits per heavy atom. The third-order valence-corrected chi connectivity index (χ3v) is 6.85. The van der Waals surface area contributed by atoms with Crippen LogP contribution < -0.4 is 16.0 Å². The number of carbonyl (C=O) groups excluding carboxylic acids is 2. The van der Waals surface area contributed by atoms with Gasteiger partial charge in [-0.05, 0) is 54.1 Å². The maximum Gasteiger partial charge on any atom is 0.257 e. The quantitative estimate of drug-likeness (QED) is 0.228. The molecule has 0 spiro atoms. The monoisotopic (exact) mass is 569 g/mol. The van der Waals surface area contributed by atoms with E-state index in [9.17, 15) is 9.59 Å². The van der Waals surface area contributed by atoms with Crippen molar-refractivity contribution < 1.29 is 9.59 Å². The number of carbonyl (C=O) groups is 2. The maximum absolute atomic E-state index is 13.1. The average molecular weight is 571 g/mol. The van der Waals surface area contributed by atoms with Crippen LogP contribution in [0.1, 0.15) is 36.7 Å². The molecule has 0 fully saturated rings. The molecule has 38 heavy (non-hydrogen) atoms. The molecule has 0 bridgehead atoms. The predicted molar refractivity (Wildman–Crippen MR) is 155 cm³/mol. The Hall–Kier alpha value is -3.39. The molecule has 3 N–H and O–H groups in total. The first kappa shape index (κ1) is 27.6. The second kappa shape index (κ2) is 11.2. The fraction of sp³-hybridized carbons (Fsp3) is 0.214. The lowest BCUT2D eigenvalue weighted by molar-refractivity contribution is -0.128. The first-order valence-corrected chi connectivity index (χ1v) is 12.9. The summed E-state index contributed by atoms with van der Waals surface area (Å²) in [7, 11) is 1.77. The summed E-state index contributed by atoms with van der Waals surface area (Å²) < 4.78 is 0. The third kappa shape index (κ3) is 6.18. The van der Waals surface area contributed by atoms with Crippen molar-refractivity contribution >= 4 is 69.0 Å². The van der Waals surface area contributed by atoms with E-state index in [0.717, 1.165) is 10.9 Å². The number of hydrogen-bond acceptors (Lipinski definition) is 5. The molecular formula is C28H26Cl3N5O2. The van der Waals surface area contributed by atoms with Gasteiger partial charge in [-0.1, -0.05) is 61.6 Å². The van der Waals surface area contributed by atoms with E-state index in [2.05, 4.69) is 25.9 Å². The molecular weight excluding hydrogens is 545 g/mol. The smallest absolute Gasteiger partial charge is 0.257 e. The summed E-state index contributed by atoms with van der Waals surface area (Å²) in [5.41, 5.74) is 2.39. The standard InChI is InChI=1S/C28H26Cl3N5O2/c1-28(2,3)27(38)33-14-15-5-9-20(29)19(11-15)26(37)34-17-7-8-18-23(13-17)35-24(36-25(18)32-4)16-6-10-21(30)22(31)12-16/h5-13H,14H2,1-4H3,(H,33,38)(H,34,37)(H,32,35,36). The second-order valence-corrected chi connectivity index (χ2v) is 10.9. The summed E-state index contributed by atoms with van der Waals surface area (Å²) in [5, 5.41) is 10.8. The molecule has 0 aliphatic heterocycles. The van der Waals surface area contributed by atoms with Crippen molar-refractivity contribution in [1.82, 2.24) is 15.3 Å². The highest BCUT2D eigenvalue weighted by molar-refractivity contribution is 6.42. The number of aromatic nitrogens is 2. The minimum Gasteiger partial charge on any atom is -0.373 e. The Morgan fingerprint density at radius 3 is 2.29 bits per heavy atom. The van der Waals surface area contributed by atoms with Gasteiger partial charge >= 0.3 is 0 Å². The van der Waals surface area contributed by atoms with Gasteiger partial charge in [-0.3, -0.25) is 9.59 Å². The van der Waals surface area contributed by atoms with Gasteiger partial charge < -0.3 is 16.0 Å². The second-order valence-electron chi connectivity index (χ2n) is 9.71. The number of benzene rings is 3. The Balaban J connectivity index is 1.61. The van der Waals surface area contributed by atoms with Crippen LogP contribution in [0.4, 0.5) is 11.5 Å². The van der Waals surface area contributed by atoms with Crippen LogP contribution in [0.15, 0.2) is 54.6 Å². The van der Waals surface area contributed by atoms with Crippen LogP contribution in [-0.2, 0) is 11.3 Å². The van der Waals surface area contributed by atoms with E-state index in [1.54, 1.807) is 55.6 Å². The summed E-state index contributed by atoms with van der Waals surface area (Å²) in [6.45, 7) is 5.80. The molecule has 0 unspecified atom stereocenters. The summed E-state index contributed by atoms with van der Waals surface area (Å²) in [6, 6.07) is 15.6. The highest BCUT2D eigenvalue weighted by Gasteiger charge is 2.21. The predicted octanol–water partition coefficient (Wildman–Crippen LogP) is 7.21. The van der Waals surface area contributed by atoms with Crippen molar-refractivity contribution in [2.45, 2.75) is 27.3 Å². The minimum atomic E-state index is -0.515. The van der Waals surface area contributed by atoms with Crippen LogP contribution in [0.5, 0.6) is 0 Å². The Kier molecular flexibility index (Phi) is 8.11.